The lowest BCUT2D eigenvalue weighted by Crippen LogP contribution is -2.36. The molecule has 0 aliphatic carbocycles. The number of halogens is 1. The van der Waals surface area contributed by atoms with Crippen molar-refractivity contribution in [2.24, 2.45) is 0 Å². The number of aromatic amines is 1. The molecule has 3 rings (SSSR count). The van der Waals surface area contributed by atoms with Crippen molar-refractivity contribution in [3.05, 3.63) is 33.4 Å². The van der Waals surface area contributed by atoms with Gasteiger partial charge in [0.1, 0.15) is 0 Å². The van der Waals surface area contributed by atoms with E-state index in [1.54, 1.807) is 0 Å². The predicted octanol–water partition coefficient (Wildman–Crippen LogP) is 2.28. The maximum atomic E-state index is 11.3. The Morgan fingerprint density at radius 3 is 2.90 bits per heavy atom. The van der Waals surface area contributed by atoms with E-state index in [0.29, 0.717) is 0 Å². The minimum Gasteiger partial charge on any atom is -0.379 e. The second-order valence-corrected chi connectivity index (χ2v) is 5.92. The average molecular weight is 315 g/mol. The van der Waals surface area contributed by atoms with Crippen LogP contribution in [0.3, 0.4) is 0 Å². The summed E-state index contributed by atoms with van der Waals surface area (Å²) in [5.41, 5.74) is 2.27. The first kappa shape index (κ1) is 15.5. The zero-order valence-corrected chi connectivity index (χ0v) is 12.9. The Bertz CT molecular complexity index is 604. The lowest BCUT2D eigenvalue weighted by molar-refractivity contribution is 0.0375. The fourth-order valence-corrected chi connectivity index (χ4v) is 3.28. The number of H-pyrrole nitrogens is 1. The summed E-state index contributed by atoms with van der Waals surface area (Å²) in [5, 5.41) is 0. The molecule has 1 saturated heterocycles. The molecule has 0 atom stereocenters. The summed E-state index contributed by atoms with van der Waals surface area (Å²) in [4.78, 5) is 16.6. The molecule has 1 aromatic carbocycles. The molecule has 0 amide bonds. The minimum atomic E-state index is 0. The van der Waals surface area contributed by atoms with Crippen molar-refractivity contribution >= 4 is 34.0 Å². The van der Waals surface area contributed by atoms with Gasteiger partial charge >= 0.3 is 4.87 Å². The number of benzene rings is 1. The highest BCUT2D eigenvalue weighted by Gasteiger charge is 2.09. The van der Waals surface area contributed by atoms with Crippen molar-refractivity contribution in [3.63, 3.8) is 0 Å². The zero-order valence-electron chi connectivity index (χ0n) is 11.3. The number of nitrogens with zero attached hydrogens (tertiary/aromatic N) is 1. The Morgan fingerprint density at radius 1 is 1.30 bits per heavy atom. The summed E-state index contributed by atoms with van der Waals surface area (Å²) in [6, 6.07) is 6.26. The van der Waals surface area contributed by atoms with Gasteiger partial charge in [0.2, 0.25) is 0 Å². The Balaban J connectivity index is 0.00000147. The van der Waals surface area contributed by atoms with Gasteiger partial charge in [0, 0.05) is 13.1 Å². The van der Waals surface area contributed by atoms with Gasteiger partial charge in [-0.3, -0.25) is 9.69 Å². The number of fused-ring (bicyclic) bond motifs is 1. The van der Waals surface area contributed by atoms with Gasteiger partial charge < -0.3 is 9.72 Å². The highest BCUT2D eigenvalue weighted by Crippen LogP contribution is 2.17. The van der Waals surface area contributed by atoms with Crippen LogP contribution >= 0.6 is 23.7 Å². The number of morpholine rings is 1. The molecule has 1 aliphatic rings. The lowest BCUT2D eigenvalue weighted by atomic mass is 10.1. The predicted molar refractivity (Wildman–Crippen MR) is 85.3 cm³/mol. The molecule has 2 heterocycles. The summed E-state index contributed by atoms with van der Waals surface area (Å²) in [5.74, 6) is 0. The summed E-state index contributed by atoms with van der Waals surface area (Å²) in [6.45, 7) is 4.97. The van der Waals surface area contributed by atoms with Crippen molar-refractivity contribution in [2.45, 2.75) is 12.8 Å². The van der Waals surface area contributed by atoms with Crippen LogP contribution in [0.1, 0.15) is 12.0 Å². The molecular formula is C14H19ClN2O2S. The van der Waals surface area contributed by atoms with E-state index in [9.17, 15) is 4.79 Å². The maximum Gasteiger partial charge on any atom is 0.305 e. The van der Waals surface area contributed by atoms with E-state index in [-0.39, 0.29) is 17.3 Å². The number of ether oxygens (including phenoxy) is 1. The van der Waals surface area contributed by atoms with E-state index in [1.807, 2.05) is 6.07 Å². The molecule has 0 bridgehead atoms. The standard InChI is InChI=1S/C14H18N2O2S.ClH/c17-14-15-12-4-3-11(10-13(12)19-14)2-1-5-16-6-8-18-9-7-16;/h3-4,10H,1-2,5-9H2,(H,15,17);1H. The van der Waals surface area contributed by atoms with Crippen molar-refractivity contribution in [3.8, 4) is 0 Å². The molecule has 4 nitrogen and oxygen atoms in total. The molecule has 0 radical (unpaired) electrons. The van der Waals surface area contributed by atoms with Crippen LogP contribution in [0, 0.1) is 0 Å². The third-order valence-electron chi connectivity index (χ3n) is 3.53. The third kappa shape index (κ3) is 3.82. The van der Waals surface area contributed by atoms with Crippen molar-refractivity contribution in [1.82, 2.24) is 9.88 Å². The van der Waals surface area contributed by atoms with Gasteiger partial charge in [-0.2, -0.15) is 0 Å². The quantitative estimate of drug-likeness (QED) is 0.941. The normalized spacial score (nSPS) is 16.2. The molecule has 6 heteroatoms. The van der Waals surface area contributed by atoms with Crippen LogP contribution in [0.25, 0.3) is 10.2 Å². The van der Waals surface area contributed by atoms with Crippen molar-refractivity contribution < 1.29 is 4.74 Å². The summed E-state index contributed by atoms with van der Waals surface area (Å²) in [6.07, 6.45) is 2.23. The first-order chi connectivity index (χ1) is 9.31. The number of thiazole rings is 1. The molecule has 1 fully saturated rings. The van der Waals surface area contributed by atoms with Gasteiger partial charge in [-0.1, -0.05) is 17.4 Å². The topological polar surface area (TPSA) is 45.3 Å². The molecule has 0 saturated carbocycles. The van der Waals surface area contributed by atoms with Crippen LogP contribution in [0.2, 0.25) is 0 Å². The smallest absolute Gasteiger partial charge is 0.305 e. The molecule has 110 valence electrons. The van der Waals surface area contributed by atoms with Crippen LogP contribution in [0.5, 0.6) is 0 Å². The van der Waals surface area contributed by atoms with Gasteiger partial charge in [-0.05, 0) is 37.1 Å². The van der Waals surface area contributed by atoms with Crippen LogP contribution in [0.4, 0.5) is 0 Å². The summed E-state index contributed by atoms with van der Waals surface area (Å²) >= 11 is 1.29. The average Bonchev–Trinajstić information content (AvgIpc) is 2.79. The molecule has 0 spiro atoms. The minimum absolute atomic E-state index is 0. The summed E-state index contributed by atoms with van der Waals surface area (Å²) in [7, 11) is 0. The van der Waals surface area contributed by atoms with Crippen LogP contribution in [-0.2, 0) is 11.2 Å². The van der Waals surface area contributed by atoms with Gasteiger partial charge in [-0.25, -0.2) is 0 Å². The fourth-order valence-electron chi connectivity index (χ4n) is 2.48. The highest BCUT2D eigenvalue weighted by atomic mass is 35.5. The van der Waals surface area contributed by atoms with Crippen LogP contribution in [-0.4, -0.2) is 42.7 Å². The molecule has 1 aromatic heterocycles. The largest absolute Gasteiger partial charge is 0.379 e. The Morgan fingerprint density at radius 2 is 2.10 bits per heavy atom. The summed E-state index contributed by atoms with van der Waals surface area (Å²) < 4.78 is 6.41. The lowest BCUT2D eigenvalue weighted by Gasteiger charge is -2.26. The molecule has 1 N–H and O–H groups in total. The first-order valence-electron chi connectivity index (χ1n) is 6.73. The number of aryl methyl sites for hydroxylation is 1. The first-order valence-corrected chi connectivity index (χ1v) is 7.55. The third-order valence-corrected chi connectivity index (χ3v) is 4.37. The van der Waals surface area contributed by atoms with E-state index in [4.69, 9.17) is 4.74 Å². The Hall–Kier alpha value is -0.880. The number of hydrogen-bond acceptors (Lipinski definition) is 4. The fraction of sp³-hybridized carbons (Fsp3) is 0.500. The highest BCUT2D eigenvalue weighted by molar-refractivity contribution is 7.16. The van der Waals surface area contributed by atoms with Gasteiger partial charge in [0.25, 0.3) is 0 Å². The van der Waals surface area contributed by atoms with Crippen LogP contribution in [0.15, 0.2) is 23.0 Å². The number of hydrogen-bond donors (Lipinski definition) is 1. The molecule has 2 aromatic rings. The molecule has 1 aliphatic heterocycles. The Kier molecular flexibility index (Phi) is 5.60. The van der Waals surface area contributed by atoms with Crippen molar-refractivity contribution in [2.75, 3.05) is 32.8 Å². The van der Waals surface area contributed by atoms with Gasteiger partial charge in [0.15, 0.2) is 0 Å². The SMILES string of the molecule is Cl.O=c1[nH]c2ccc(CCCN3CCOCC3)cc2s1. The van der Waals surface area contributed by atoms with Crippen LogP contribution < -0.4 is 4.87 Å². The molecular weight excluding hydrogens is 296 g/mol. The van der Waals surface area contributed by atoms with Gasteiger partial charge in [0.05, 0.1) is 23.4 Å². The van der Waals surface area contributed by atoms with Crippen molar-refractivity contribution in [1.29, 1.82) is 0 Å². The Labute approximate surface area is 128 Å². The second kappa shape index (κ2) is 7.22. The van der Waals surface area contributed by atoms with E-state index in [2.05, 4.69) is 22.0 Å². The number of nitrogens with one attached hydrogen (secondary N) is 1. The van der Waals surface area contributed by atoms with E-state index in [1.165, 1.54) is 16.9 Å². The maximum absolute atomic E-state index is 11.3. The zero-order chi connectivity index (χ0) is 13.1. The monoisotopic (exact) mass is 314 g/mol. The number of aromatic nitrogens is 1. The van der Waals surface area contributed by atoms with Gasteiger partial charge in [-0.15, -0.1) is 12.4 Å². The van der Waals surface area contributed by atoms with E-state index in [0.717, 1.165) is 55.9 Å². The molecule has 20 heavy (non-hydrogen) atoms. The number of rotatable bonds is 4. The second-order valence-electron chi connectivity index (χ2n) is 4.90. The van der Waals surface area contributed by atoms with E-state index < -0.39 is 0 Å². The van der Waals surface area contributed by atoms with E-state index >= 15 is 0 Å². The molecule has 0 unspecified atom stereocenters.